The molecule has 1 aromatic carbocycles. The van der Waals surface area contributed by atoms with Gasteiger partial charge in [0.2, 0.25) is 5.91 Å². The van der Waals surface area contributed by atoms with E-state index in [0.29, 0.717) is 25.9 Å². The van der Waals surface area contributed by atoms with E-state index in [-0.39, 0.29) is 16.9 Å². The number of hydrogen-bond acceptors (Lipinski definition) is 6. The minimum absolute atomic E-state index is 0.124. The van der Waals surface area contributed by atoms with Gasteiger partial charge < -0.3 is 10.2 Å². The molecule has 0 unspecified atom stereocenters. The molecular formula is C22H25N5O2S. The number of carbonyl (C=O) groups is 1. The van der Waals surface area contributed by atoms with Crippen LogP contribution in [0.2, 0.25) is 0 Å². The Bertz CT molecular complexity index is 1030. The molecule has 0 saturated carbocycles. The molecule has 3 heterocycles. The minimum atomic E-state index is -0.234. The zero-order chi connectivity index (χ0) is 21.0. The summed E-state index contributed by atoms with van der Waals surface area (Å²) >= 11 is 1.62. The number of H-pyrrole nitrogens is 1. The molecule has 1 fully saturated rings. The Balaban J connectivity index is 1.47. The summed E-state index contributed by atoms with van der Waals surface area (Å²) in [6, 6.07) is 13.6. The fourth-order valence-electron chi connectivity index (χ4n) is 4.10. The van der Waals surface area contributed by atoms with Crippen molar-refractivity contribution in [2.75, 3.05) is 25.5 Å². The summed E-state index contributed by atoms with van der Waals surface area (Å²) in [4.78, 5) is 30.7. The Kier molecular flexibility index (Phi) is 5.94. The van der Waals surface area contributed by atoms with Crippen LogP contribution in [0, 0.1) is 0 Å². The van der Waals surface area contributed by atoms with Crippen molar-refractivity contribution in [2.45, 2.75) is 31.1 Å². The predicted molar refractivity (Wildman–Crippen MR) is 118 cm³/mol. The van der Waals surface area contributed by atoms with Gasteiger partial charge in [-0.05, 0) is 24.5 Å². The molecule has 30 heavy (non-hydrogen) atoms. The molecule has 0 radical (unpaired) electrons. The van der Waals surface area contributed by atoms with E-state index >= 15 is 0 Å². The van der Waals surface area contributed by atoms with E-state index in [1.54, 1.807) is 17.4 Å². The summed E-state index contributed by atoms with van der Waals surface area (Å²) < 4.78 is 0. The lowest BCUT2D eigenvalue weighted by molar-refractivity contribution is -0.132. The van der Waals surface area contributed by atoms with Crippen molar-refractivity contribution < 1.29 is 4.79 Å². The molecule has 156 valence electrons. The number of nitrogens with zero attached hydrogens (tertiary/aromatic N) is 3. The monoisotopic (exact) mass is 423 g/mol. The van der Waals surface area contributed by atoms with E-state index in [1.165, 1.54) is 11.6 Å². The third-order valence-corrected chi connectivity index (χ3v) is 6.70. The van der Waals surface area contributed by atoms with Crippen LogP contribution in [-0.2, 0) is 16.6 Å². The molecule has 2 N–H and O–H groups in total. The molecule has 1 aliphatic rings. The van der Waals surface area contributed by atoms with Crippen LogP contribution >= 0.6 is 11.3 Å². The maximum absolute atomic E-state index is 12.8. The number of aromatic amines is 1. The van der Waals surface area contributed by atoms with Crippen LogP contribution in [0.15, 0.2) is 52.6 Å². The van der Waals surface area contributed by atoms with Crippen molar-refractivity contribution in [3.63, 3.8) is 0 Å². The van der Waals surface area contributed by atoms with Crippen LogP contribution in [0.1, 0.15) is 36.2 Å². The lowest BCUT2D eigenvalue weighted by Gasteiger charge is -2.41. The maximum Gasteiger partial charge on any atom is 0.264 e. The van der Waals surface area contributed by atoms with E-state index in [2.05, 4.69) is 45.2 Å². The van der Waals surface area contributed by atoms with Gasteiger partial charge in [-0.25, -0.2) is 10.1 Å². The Hall–Kier alpha value is -3.00. The first kappa shape index (κ1) is 20.3. The van der Waals surface area contributed by atoms with Gasteiger partial charge in [0.15, 0.2) is 5.13 Å². The van der Waals surface area contributed by atoms with Crippen molar-refractivity contribution in [2.24, 2.45) is 0 Å². The van der Waals surface area contributed by atoms with Gasteiger partial charge in [-0.1, -0.05) is 30.3 Å². The summed E-state index contributed by atoms with van der Waals surface area (Å²) in [5.74, 6) is 0.124. The highest BCUT2D eigenvalue weighted by Crippen LogP contribution is 2.42. The molecule has 0 atom stereocenters. The lowest BCUT2D eigenvalue weighted by atomic mass is 9.70. The maximum atomic E-state index is 12.8. The quantitative estimate of drug-likeness (QED) is 0.636. The van der Waals surface area contributed by atoms with Crippen molar-refractivity contribution in [1.82, 2.24) is 20.1 Å². The van der Waals surface area contributed by atoms with Gasteiger partial charge in [0.05, 0.1) is 11.4 Å². The number of nitrogens with one attached hydrogen (secondary N) is 2. The Morgan fingerprint density at radius 3 is 2.60 bits per heavy atom. The lowest BCUT2D eigenvalue weighted by Crippen LogP contribution is -2.46. The summed E-state index contributed by atoms with van der Waals surface area (Å²) in [6.45, 7) is 1.39. The van der Waals surface area contributed by atoms with Crippen molar-refractivity contribution in [1.29, 1.82) is 0 Å². The van der Waals surface area contributed by atoms with E-state index in [0.717, 1.165) is 29.4 Å². The highest BCUT2D eigenvalue weighted by atomic mass is 32.1. The normalized spacial score (nSPS) is 15.7. The zero-order valence-electron chi connectivity index (χ0n) is 16.9. The van der Waals surface area contributed by atoms with Crippen molar-refractivity contribution in [3.05, 3.63) is 75.1 Å². The SMILES string of the molecule is CNc1nc(C2(c3ccccc3)CCN(C(=O)CCc3ccc(=O)[nH]n3)CC2)cs1. The number of hydrogen-bond donors (Lipinski definition) is 2. The van der Waals surface area contributed by atoms with Crippen LogP contribution in [0.4, 0.5) is 5.13 Å². The second-order valence-electron chi connectivity index (χ2n) is 7.53. The third-order valence-electron chi connectivity index (χ3n) is 5.84. The van der Waals surface area contributed by atoms with Crippen molar-refractivity contribution >= 4 is 22.4 Å². The average Bonchev–Trinajstić information content (AvgIpc) is 3.29. The van der Waals surface area contributed by atoms with Crippen LogP contribution in [0.5, 0.6) is 0 Å². The standard InChI is InChI=1S/C22H25N5O2S/c1-23-21-24-18(15-30-21)22(16-5-3-2-4-6-16)11-13-27(14-12-22)20(29)10-8-17-7-9-19(28)26-25-17/h2-7,9,15H,8,10-14H2,1H3,(H,23,24)(H,26,28). The summed E-state index contributed by atoms with van der Waals surface area (Å²) in [5, 5.41) is 12.6. The Labute approximate surface area is 179 Å². The van der Waals surface area contributed by atoms with Crippen molar-refractivity contribution in [3.8, 4) is 0 Å². The first-order valence-corrected chi connectivity index (χ1v) is 11.0. The average molecular weight is 424 g/mol. The fraction of sp³-hybridized carbons (Fsp3) is 0.364. The van der Waals surface area contributed by atoms with Gasteiger partial charge >= 0.3 is 0 Å². The summed E-state index contributed by atoms with van der Waals surface area (Å²) in [7, 11) is 1.89. The first-order chi connectivity index (χ1) is 14.6. The minimum Gasteiger partial charge on any atom is -0.365 e. The fourth-order valence-corrected chi connectivity index (χ4v) is 4.87. The van der Waals surface area contributed by atoms with Gasteiger partial charge in [0, 0.05) is 49.8 Å². The molecule has 3 aromatic rings. The van der Waals surface area contributed by atoms with E-state index < -0.39 is 0 Å². The molecule has 4 rings (SSSR count). The van der Waals surface area contributed by atoms with Crippen LogP contribution in [0.3, 0.4) is 0 Å². The molecular weight excluding hydrogens is 398 g/mol. The number of carbonyl (C=O) groups excluding carboxylic acids is 1. The second-order valence-corrected chi connectivity index (χ2v) is 8.39. The number of likely N-dealkylation sites (tertiary alicyclic amines) is 1. The third kappa shape index (κ3) is 4.14. The topological polar surface area (TPSA) is 91.0 Å². The van der Waals surface area contributed by atoms with Gasteiger partial charge in [0.1, 0.15) is 0 Å². The molecule has 7 nitrogen and oxygen atoms in total. The number of anilines is 1. The molecule has 1 aliphatic heterocycles. The predicted octanol–water partition coefficient (Wildman–Crippen LogP) is 2.81. The molecule has 0 bridgehead atoms. The second kappa shape index (κ2) is 8.79. The highest BCUT2D eigenvalue weighted by Gasteiger charge is 2.40. The van der Waals surface area contributed by atoms with Gasteiger partial charge in [-0.15, -0.1) is 11.3 Å². The molecule has 8 heteroatoms. The van der Waals surface area contributed by atoms with Crippen LogP contribution in [0.25, 0.3) is 0 Å². The number of piperidine rings is 1. The molecule has 0 aliphatic carbocycles. The number of rotatable bonds is 6. The van der Waals surface area contributed by atoms with Gasteiger partial charge in [-0.2, -0.15) is 5.10 Å². The van der Waals surface area contributed by atoms with E-state index in [4.69, 9.17) is 4.98 Å². The first-order valence-electron chi connectivity index (χ1n) is 10.1. The van der Waals surface area contributed by atoms with E-state index in [9.17, 15) is 9.59 Å². The molecule has 1 amide bonds. The zero-order valence-corrected chi connectivity index (χ0v) is 17.7. The number of benzene rings is 1. The largest absolute Gasteiger partial charge is 0.365 e. The number of amides is 1. The number of aromatic nitrogens is 3. The summed E-state index contributed by atoms with van der Waals surface area (Å²) in [5.41, 5.74) is 2.64. The smallest absolute Gasteiger partial charge is 0.264 e. The van der Waals surface area contributed by atoms with Crippen LogP contribution < -0.4 is 10.9 Å². The molecule has 2 aromatic heterocycles. The van der Waals surface area contributed by atoms with Crippen LogP contribution in [-0.4, -0.2) is 46.1 Å². The Morgan fingerprint density at radius 1 is 1.20 bits per heavy atom. The Morgan fingerprint density at radius 2 is 1.97 bits per heavy atom. The number of thiazole rings is 1. The van der Waals surface area contributed by atoms with Gasteiger partial charge in [0.25, 0.3) is 5.56 Å². The summed E-state index contributed by atoms with van der Waals surface area (Å²) in [6.07, 6.45) is 2.59. The van der Waals surface area contributed by atoms with Gasteiger partial charge in [-0.3, -0.25) is 9.59 Å². The molecule has 0 spiro atoms. The highest BCUT2D eigenvalue weighted by molar-refractivity contribution is 7.13. The number of aryl methyl sites for hydroxylation is 1. The van der Waals surface area contributed by atoms with E-state index in [1.807, 2.05) is 18.0 Å². The molecule has 1 saturated heterocycles.